The van der Waals surface area contributed by atoms with Gasteiger partial charge < -0.3 is 19.4 Å². The second kappa shape index (κ2) is 6.19. The van der Waals surface area contributed by atoms with Crippen LogP contribution < -0.4 is 5.32 Å². The quantitative estimate of drug-likeness (QED) is 0.526. The molecule has 24 heavy (non-hydrogen) atoms. The van der Waals surface area contributed by atoms with Crippen molar-refractivity contribution in [2.45, 2.75) is 26.2 Å². The van der Waals surface area contributed by atoms with Crippen LogP contribution in [0.1, 0.15) is 19.4 Å². The molecule has 1 fully saturated rings. The summed E-state index contributed by atoms with van der Waals surface area (Å²) in [4.78, 5) is 27.9. The number of carbonyl (C=O) groups excluding carboxylic acids is 2. The van der Waals surface area contributed by atoms with Crippen LogP contribution in [0.3, 0.4) is 0 Å². The highest BCUT2D eigenvalue weighted by molar-refractivity contribution is 6.15. The normalized spacial score (nSPS) is 16.3. The van der Waals surface area contributed by atoms with Crippen molar-refractivity contribution in [3.63, 3.8) is 0 Å². The third-order valence-corrected chi connectivity index (χ3v) is 3.42. The molecular formula is C17H17N3O4. The number of hydrogen-bond donors (Lipinski definition) is 1. The average Bonchev–Trinajstić information content (AvgIpc) is 3.00. The van der Waals surface area contributed by atoms with Crippen LogP contribution in [0, 0.1) is 0 Å². The van der Waals surface area contributed by atoms with E-state index in [0.29, 0.717) is 6.54 Å². The van der Waals surface area contributed by atoms with E-state index in [2.05, 4.69) is 10.3 Å². The number of esters is 2. The maximum absolute atomic E-state index is 11.9. The summed E-state index contributed by atoms with van der Waals surface area (Å²) in [7, 11) is 0. The van der Waals surface area contributed by atoms with Crippen molar-refractivity contribution < 1.29 is 19.1 Å². The first-order chi connectivity index (χ1) is 11.4. The van der Waals surface area contributed by atoms with Gasteiger partial charge in [-0.25, -0.2) is 14.6 Å². The molecule has 3 rings (SSSR count). The molecule has 0 radical (unpaired) electrons. The van der Waals surface area contributed by atoms with Gasteiger partial charge in [-0.1, -0.05) is 18.2 Å². The number of aromatic nitrogens is 2. The van der Waals surface area contributed by atoms with E-state index in [1.165, 1.54) is 20.0 Å². The molecule has 124 valence electrons. The van der Waals surface area contributed by atoms with Crippen molar-refractivity contribution in [3.8, 4) is 0 Å². The monoisotopic (exact) mass is 327 g/mol. The summed E-state index contributed by atoms with van der Waals surface area (Å²) in [6.45, 7) is 3.62. The van der Waals surface area contributed by atoms with Gasteiger partial charge in [0.1, 0.15) is 0 Å². The number of para-hydroxylation sites is 1. The molecule has 0 saturated carbocycles. The Morgan fingerprint density at radius 3 is 2.58 bits per heavy atom. The van der Waals surface area contributed by atoms with E-state index in [9.17, 15) is 9.59 Å². The molecule has 0 amide bonds. The third-order valence-electron chi connectivity index (χ3n) is 3.42. The highest BCUT2D eigenvalue weighted by Gasteiger charge is 2.38. The Balaban J connectivity index is 1.79. The smallest absolute Gasteiger partial charge is 0.350 e. The lowest BCUT2D eigenvalue weighted by atomic mass is 10.1. The van der Waals surface area contributed by atoms with Crippen molar-refractivity contribution in [3.05, 3.63) is 60.3 Å². The molecule has 0 aliphatic carbocycles. The van der Waals surface area contributed by atoms with Gasteiger partial charge in [0.2, 0.25) is 0 Å². The highest BCUT2D eigenvalue weighted by Crippen LogP contribution is 2.23. The topological polar surface area (TPSA) is 82.5 Å². The van der Waals surface area contributed by atoms with E-state index in [1.54, 1.807) is 12.5 Å². The number of imidazole rings is 1. The fraction of sp³-hybridized carbons (Fsp3) is 0.235. The molecule has 0 atom stereocenters. The number of benzene rings is 1. The first-order valence-corrected chi connectivity index (χ1v) is 7.42. The number of nitrogens with one attached hydrogen (secondary N) is 1. The predicted octanol–water partition coefficient (Wildman–Crippen LogP) is 2.06. The Bertz CT molecular complexity index is 772. The van der Waals surface area contributed by atoms with Crippen LogP contribution in [0.15, 0.2) is 54.8 Å². The first kappa shape index (κ1) is 15.8. The second-order valence-corrected chi connectivity index (χ2v) is 5.77. The molecule has 7 nitrogen and oxygen atoms in total. The van der Waals surface area contributed by atoms with E-state index in [-0.39, 0.29) is 5.57 Å². The van der Waals surface area contributed by atoms with Crippen molar-refractivity contribution in [2.24, 2.45) is 0 Å². The molecule has 1 aliphatic rings. The number of hydrogen-bond acceptors (Lipinski definition) is 6. The van der Waals surface area contributed by atoms with Gasteiger partial charge in [-0.05, 0) is 11.6 Å². The Morgan fingerprint density at radius 2 is 1.92 bits per heavy atom. The van der Waals surface area contributed by atoms with Gasteiger partial charge in [0.05, 0.1) is 12.9 Å². The zero-order chi connectivity index (χ0) is 17.2. The van der Waals surface area contributed by atoms with Gasteiger partial charge in [0.25, 0.3) is 5.79 Å². The van der Waals surface area contributed by atoms with Gasteiger partial charge in [-0.2, -0.15) is 0 Å². The van der Waals surface area contributed by atoms with Crippen molar-refractivity contribution in [2.75, 3.05) is 5.32 Å². The number of anilines is 1. The van der Waals surface area contributed by atoms with Gasteiger partial charge in [-0.15, -0.1) is 0 Å². The van der Waals surface area contributed by atoms with E-state index < -0.39 is 17.7 Å². The Morgan fingerprint density at radius 1 is 1.21 bits per heavy atom. The largest absolute Gasteiger partial charge is 0.419 e. The molecule has 1 aromatic carbocycles. The summed E-state index contributed by atoms with van der Waals surface area (Å²) in [6.07, 6.45) is 6.58. The number of rotatable bonds is 4. The Labute approximate surface area is 138 Å². The van der Waals surface area contributed by atoms with Crippen LogP contribution in [0.4, 0.5) is 5.69 Å². The fourth-order valence-electron chi connectivity index (χ4n) is 2.30. The number of cyclic esters (lactones) is 2. The van der Waals surface area contributed by atoms with E-state index >= 15 is 0 Å². The molecule has 0 spiro atoms. The number of ether oxygens (including phenoxy) is 2. The van der Waals surface area contributed by atoms with Gasteiger partial charge >= 0.3 is 11.9 Å². The SMILES string of the molecule is CC1(C)OC(=O)C(=CNc2ccccc2Cn2ccnc2)C(=O)O1. The average molecular weight is 327 g/mol. The minimum absolute atomic E-state index is 0.174. The summed E-state index contributed by atoms with van der Waals surface area (Å²) in [5.41, 5.74) is 1.57. The molecule has 1 N–H and O–H groups in total. The molecular weight excluding hydrogens is 310 g/mol. The number of nitrogens with zero attached hydrogens (tertiary/aromatic N) is 2. The molecule has 1 aromatic heterocycles. The van der Waals surface area contributed by atoms with Crippen molar-refractivity contribution >= 4 is 17.6 Å². The van der Waals surface area contributed by atoms with Crippen LogP contribution >= 0.6 is 0 Å². The second-order valence-electron chi connectivity index (χ2n) is 5.77. The van der Waals surface area contributed by atoms with Crippen LogP contribution in [0.25, 0.3) is 0 Å². The summed E-state index contributed by atoms with van der Waals surface area (Å²) in [5.74, 6) is -2.67. The lowest BCUT2D eigenvalue weighted by Gasteiger charge is -2.29. The fourth-order valence-corrected chi connectivity index (χ4v) is 2.30. The maximum Gasteiger partial charge on any atom is 0.350 e. The molecule has 2 heterocycles. The highest BCUT2D eigenvalue weighted by atomic mass is 16.7. The Hall–Kier alpha value is -3.09. The van der Waals surface area contributed by atoms with E-state index in [4.69, 9.17) is 9.47 Å². The van der Waals surface area contributed by atoms with E-state index in [1.807, 2.05) is 35.0 Å². The predicted molar refractivity (Wildman–Crippen MR) is 85.7 cm³/mol. The maximum atomic E-state index is 11.9. The summed E-state index contributed by atoms with van der Waals surface area (Å²) >= 11 is 0. The van der Waals surface area contributed by atoms with Crippen LogP contribution in [-0.2, 0) is 25.6 Å². The first-order valence-electron chi connectivity index (χ1n) is 7.42. The minimum atomic E-state index is -1.25. The van der Waals surface area contributed by atoms with Crippen LogP contribution in [-0.4, -0.2) is 27.3 Å². The number of carbonyl (C=O) groups is 2. The zero-order valence-corrected chi connectivity index (χ0v) is 13.4. The summed E-state index contributed by atoms with van der Waals surface area (Å²) < 4.78 is 12.0. The summed E-state index contributed by atoms with van der Waals surface area (Å²) in [5, 5.41) is 2.99. The van der Waals surface area contributed by atoms with Crippen LogP contribution in [0.2, 0.25) is 0 Å². The molecule has 1 aliphatic heterocycles. The standard InChI is InChI=1S/C17H17N3O4/c1-17(2)23-15(21)13(16(22)24-17)9-19-14-6-4-3-5-12(14)10-20-8-7-18-11-20/h3-9,11,19H,10H2,1-2H3. The molecule has 0 unspecified atom stereocenters. The lowest BCUT2D eigenvalue weighted by Crippen LogP contribution is -2.42. The molecule has 2 aromatic rings. The van der Waals surface area contributed by atoms with Crippen molar-refractivity contribution in [1.82, 2.24) is 9.55 Å². The van der Waals surface area contributed by atoms with Crippen molar-refractivity contribution in [1.29, 1.82) is 0 Å². The third kappa shape index (κ3) is 3.45. The lowest BCUT2D eigenvalue weighted by molar-refractivity contribution is -0.222. The van der Waals surface area contributed by atoms with Gasteiger partial charge in [0, 0.05) is 38.1 Å². The van der Waals surface area contributed by atoms with Crippen LogP contribution in [0.5, 0.6) is 0 Å². The van der Waals surface area contributed by atoms with Gasteiger partial charge in [0.15, 0.2) is 5.57 Å². The minimum Gasteiger partial charge on any atom is -0.419 e. The van der Waals surface area contributed by atoms with E-state index in [0.717, 1.165) is 11.3 Å². The zero-order valence-electron chi connectivity index (χ0n) is 13.4. The Kier molecular flexibility index (Phi) is 4.07. The van der Waals surface area contributed by atoms with Gasteiger partial charge in [-0.3, -0.25) is 0 Å². The molecule has 0 bridgehead atoms. The summed E-state index contributed by atoms with van der Waals surface area (Å²) in [6, 6.07) is 7.57. The molecule has 1 saturated heterocycles. The molecule has 7 heteroatoms.